The largest absolute Gasteiger partial charge is 0.310 e. The molecule has 0 atom stereocenters. The number of aromatic amines is 1. The molecule has 0 saturated heterocycles. The minimum absolute atomic E-state index is 0.0475. The second-order valence-electron chi connectivity index (χ2n) is 2.29. The fraction of sp³-hybridized carbons (Fsp3) is 0.333. The highest BCUT2D eigenvalue weighted by molar-refractivity contribution is 7.16. The molecule has 1 N–H and O–H groups in total. The smallest absolute Gasteiger partial charge is 0.259 e. The van der Waals surface area contributed by atoms with Crippen LogP contribution in [0.5, 0.6) is 0 Å². The number of aromatic nitrogens is 2. The number of fused-ring (bicyclic) bond motifs is 1. The number of thiophene rings is 1. The maximum atomic E-state index is 11.2. The number of H-pyrrole nitrogens is 1. The molecular formula is C9H12N2OS. The lowest BCUT2D eigenvalue weighted by Gasteiger charge is -1.90. The number of aryl methyl sites for hydroxylation is 1. The summed E-state index contributed by atoms with van der Waals surface area (Å²) in [6.07, 6.45) is 0. The zero-order chi connectivity index (χ0) is 9.84. The molecule has 0 aliphatic heterocycles. The van der Waals surface area contributed by atoms with Crippen molar-refractivity contribution in [1.82, 2.24) is 9.97 Å². The maximum absolute atomic E-state index is 11.2. The molecule has 3 nitrogen and oxygen atoms in total. The molecule has 0 radical (unpaired) electrons. The highest BCUT2D eigenvalue weighted by Gasteiger charge is 2.00. The highest BCUT2D eigenvalue weighted by atomic mass is 32.1. The fourth-order valence-corrected chi connectivity index (χ4v) is 1.78. The molecule has 0 saturated carbocycles. The standard InChI is InChI=1S/C7H6N2OS.C2H6/c1-4-8-6(10)5-2-3-11-7(5)9-4;1-2/h2-3H,1H3,(H,8,9,10);1-2H3. The van der Waals surface area contributed by atoms with Crippen LogP contribution in [0.15, 0.2) is 16.2 Å². The van der Waals surface area contributed by atoms with Gasteiger partial charge in [0, 0.05) is 0 Å². The molecule has 0 spiro atoms. The zero-order valence-electron chi connectivity index (χ0n) is 7.92. The summed E-state index contributed by atoms with van der Waals surface area (Å²) in [6, 6.07) is 1.78. The Morgan fingerprint density at radius 3 is 2.85 bits per heavy atom. The van der Waals surface area contributed by atoms with Gasteiger partial charge in [0.25, 0.3) is 5.56 Å². The van der Waals surface area contributed by atoms with E-state index in [0.29, 0.717) is 11.2 Å². The molecule has 0 aromatic carbocycles. The summed E-state index contributed by atoms with van der Waals surface area (Å²) >= 11 is 1.48. The number of rotatable bonds is 0. The third kappa shape index (κ3) is 1.95. The summed E-state index contributed by atoms with van der Waals surface area (Å²) in [5.74, 6) is 0.671. The van der Waals surface area contributed by atoms with Gasteiger partial charge in [0.05, 0.1) is 5.39 Å². The van der Waals surface area contributed by atoms with E-state index in [1.54, 1.807) is 13.0 Å². The predicted octanol–water partition coefficient (Wildman–Crippen LogP) is 2.32. The van der Waals surface area contributed by atoms with E-state index in [2.05, 4.69) is 9.97 Å². The van der Waals surface area contributed by atoms with Crippen LogP contribution in [0.4, 0.5) is 0 Å². The molecule has 0 bridgehead atoms. The lowest BCUT2D eigenvalue weighted by molar-refractivity contribution is 1.07. The minimum atomic E-state index is -0.0475. The molecule has 4 heteroatoms. The summed E-state index contributed by atoms with van der Waals surface area (Å²) in [6.45, 7) is 5.78. The second kappa shape index (κ2) is 4.18. The molecule has 0 aliphatic carbocycles. The van der Waals surface area contributed by atoms with Crippen molar-refractivity contribution in [3.8, 4) is 0 Å². The van der Waals surface area contributed by atoms with Crippen LogP contribution in [-0.2, 0) is 0 Å². The van der Waals surface area contributed by atoms with E-state index in [9.17, 15) is 4.79 Å². The second-order valence-corrected chi connectivity index (χ2v) is 3.19. The summed E-state index contributed by atoms with van der Waals surface area (Å²) in [4.78, 5) is 18.8. The number of hydrogen-bond acceptors (Lipinski definition) is 3. The van der Waals surface area contributed by atoms with Gasteiger partial charge < -0.3 is 4.98 Å². The van der Waals surface area contributed by atoms with Gasteiger partial charge in [0.15, 0.2) is 0 Å². The Bertz CT molecular complexity index is 444. The number of nitrogens with one attached hydrogen (secondary N) is 1. The van der Waals surface area contributed by atoms with E-state index in [4.69, 9.17) is 0 Å². The van der Waals surface area contributed by atoms with E-state index >= 15 is 0 Å². The molecule has 2 aromatic rings. The van der Waals surface area contributed by atoms with Crippen LogP contribution in [0.3, 0.4) is 0 Å². The molecular weight excluding hydrogens is 184 g/mol. The lowest BCUT2D eigenvalue weighted by atomic mass is 10.4. The average Bonchev–Trinajstić information content (AvgIpc) is 2.55. The van der Waals surface area contributed by atoms with Crippen LogP contribution < -0.4 is 5.56 Å². The summed E-state index contributed by atoms with van der Waals surface area (Å²) in [7, 11) is 0. The van der Waals surface area contributed by atoms with Crippen LogP contribution in [0.1, 0.15) is 19.7 Å². The van der Waals surface area contributed by atoms with Gasteiger partial charge in [-0.3, -0.25) is 4.79 Å². The van der Waals surface area contributed by atoms with Crippen LogP contribution in [0, 0.1) is 6.92 Å². The first-order valence-corrected chi connectivity index (χ1v) is 5.09. The van der Waals surface area contributed by atoms with E-state index in [1.807, 2.05) is 19.2 Å². The van der Waals surface area contributed by atoms with Crippen molar-refractivity contribution < 1.29 is 0 Å². The van der Waals surface area contributed by atoms with Crippen LogP contribution >= 0.6 is 11.3 Å². The van der Waals surface area contributed by atoms with Crippen molar-refractivity contribution in [2.45, 2.75) is 20.8 Å². The van der Waals surface area contributed by atoms with Crippen molar-refractivity contribution in [2.75, 3.05) is 0 Å². The molecule has 13 heavy (non-hydrogen) atoms. The van der Waals surface area contributed by atoms with Gasteiger partial charge in [0.2, 0.25) is 0 Å². The maximum Gasteiger partial charge on any atom is 0.259 e. The highest BCUT2D eigenvalue weighted by Crippen LogP contribution is 2.13. The zero-order valence-corrected chi connectivity index (χ0v) is 8.73. The first kappa shape index (κ1) is 9.92. The minimum Gasteiger partial charge on any atom is -0.310 e. The number of hydrogen-bond donors (Lipinski definition) is 1. The SMILES string of the molecule is CC.Cc1nc2sccc2c(=O)[nH]1. The van der Waals surface area contributed by atoms with E-state index < -0.39 is 0 Å². The monoisotopic (exact) mass is 196 g/mol. The Morgan fingerprint density at radius 2 is 2.15 bits per heavy atom. The van der Waals surface area contributed by atoms with E-state index in [-0.39, 0.29) is 5.56 Å². The van der Waals surface area contributed by atoms with E-state index in [1.165, 1.54) is 11.3 Å². The van der Waals surface area contributed by atoms with Crippen LogP contribution in [0.2, 0.25) is 0 Å². The Kier molecular flexibility index (Phi) is 3.19. The molecule has 0 unspecified atom stereocenters. The van der Waals surface area contributed by atoms with Crippen molar-refractivity contribution >= 4 is 21.6 Å². The predicted molar refractivity (Wildman–Crippen MR) is 56.3 cm³/mol. The summed E-state index contributed by atoms with van der Waals surface area (Å²) < 4.78 is 0. The van der Waals surface area contributed by atoms with Crippen molar-refractivity contribution in [3.63, 3.8) is 0 Å². The first-order chi connectivity index (χ1) is 6.27. The normalized spacial score (nSPS) is 9.46. The van der Waals surface area contributed by atoms with Crippen molar-refractivity contribution in [1.29, 1.82) is 0 Å². The third-order valence-electron chi connectivity index (χ3n) is 1.45. The number of nitrogens with zero attached hydrogens (tertiary/aromatic N) is 1. The average molecular weight is 196 g/mol. The fourth-order valence-electron chi connectivity index (χ4n) is 0.973. The van der Waals surface area contributed by atoms with E-state index in [0.717, 1.165) is 4.83 Å². The van der Waals surface area contributed by atoms with Gasteiger partial charge in [-0.05, 0) is 18.4 Å². The first-order valence-electron chi connectivity index (χ1n) is 4.21. The Hall–Kier alpha value is -1.16. The molecule has 2 aromatic heterocycles. The molecule has 70 valence electrons. The van der Waals surface area contributed by atoms with Gasteiger partial charge in [-0.25, -0.2) is 4.98 Å². The lowest BCUT2D eigenvalue weighted by Crippen LogP contribution is -2.07. The topological polar surface area (TPSA) is 45.8 Å². The quantitative estimate of drug-likeness (QED) is 0.702. The van der Waals surface area contributed by atoms with Gasteiger partial charge in [-0.1, -0.05) is 13.8 Å². The molecule has 2 rings (SSSR count). The van der Waals surface area contributed by atoms with Gasteiger partial charge in [-0.2, -0.15) is 0 Å². The Balaban J connectivity index is 0.000000396. The summed E-state index contributed by atoms with van der Waals surface area (Å²) in [5, 5.41) is 2.55. The van der Waals surface area contributed by atoms with Gasteiger partial charge in [0.1, 0.15) is 10.7 Å². The Morgan fingerprint density at radius 1 is 1.46 bits per heavy atom. The Labute approximate surface area is 80.5 Å². The van der Waals surface area contributed by atoms with Gasteiger partial charge in [-0.15, -0.1) is 11.3 Å². The molecule has 0 aliphatic rings. The van der Waals surface area contributed by atoms with Crippen molar-refractivity contribution in [2.24, 2.45) is 0 Å². The third-order valence-corrected chi connectivity index (χ3v) is 2.26. The van der Waals surface area contributed by atoms with Crippen LogP contribution in [0.25, 0.3) is 10.2 Å². The molecule has 0 fully saturated rings. The van der Waals surface area contributed by atoms with Gasteiger partial charge >= 0.3 is 0 Å². The molecule has 0 amide bonds. The van der Waals surface area contributed by atoms with Crippen molar-refractivity contribution in [3.05, 3.63) is 27.6 Å². The van der Waals surface area contributed by atoms with Crippen LogP contribution in [-0.4, -0.2) is 9.97 Å². The summed E-state index contributed by atoms with van der Waals surface area (Å²) in [5.41, 5.74) is -0.0475. The molecule has 2 heterocycles.